The number of hydrogen-bond acceptors (Lipinski definition) is 2. The molecule has 1 atom stereocenters. The van der Waals surface area contributed by atoms with Gasteiger partial charge in [-0.3, -0.25) is 0 Å². The van der Waals surface area contributed by atoms with Gasteiger partial charge in [0.15, 0.2) is 5.82 Å². The van der Waals surface area contributed by atoms with E-state index in [9.17, 15) is 4.39 Å². The topological polar surface area (TPSA) is 24.1 Å². The highest BCUT2D eigenvalue weighted by Crippen LogP contribution is 2.32. The summed E-state index contributed by atoms with van der Waals surface area (Å²) in [6.07, 6.45) is 1.01. The predicted octanol–water partition coefficient (Wildman–Crippen LogP) is 3.93. The SMILES string of the molecule is CC1(C)CNCCC1Nc1cc(Cl)c(F)c(Cl)c1. The van der Waals surface area contributed by atoms with E-state index in [-0.39, 0.29) is 15.5 Å². The Morgan fingerprint density at radius 2 is 1.94 bits per heavy atom. The Morgan fingerprint density at radius 1 is 1.33 bits per heavy atom. The zero-order chi connectivity index (χ0) is 13.3. The quantitative estimate of drug-likeness (QED) is 0.807. The van der Waals surface area contributed by atoms with Gasteiger partial charge in [0, 0.05) is 18.3 Å². The maximum Gasteiger partial charge on any atom is 0.160 e. The van der Waals surface area contributed by atoms with Gasteiger partial charge in [-0.15, -0.1) is 0 Å². The maximum atomic E-state index is 13.3. The Bertz CT molecular complexity index is 426. The summed E-state index contributed by atoms with van der Waals surface area (Å²) in [7, 11) is 0. The molecule has 5 heteroatoms. The third-order valence-corrected chi connectivity index (χ3v) is 4.01. The fourth-order valence-corrected chi connectivity index (χ4v) is 2.77. The third kappa shape index (κ3) is 2.90. The molecule has 2 rings (SSSR count). The number of halogens is 3. The third-order valence-electron chi connectivity index (χ3n) is 3.46. The summed E-state index contributed by atoms with van der Waals surface area (Å²) in [5, 5.41) is 6.88. The molecule has 0 aromatic heterocycles. The molecule has 100 valence electrons. The van der Waals surface area contributed by atoms with E-state index in [1.807, 2.05) is 0 Å². The Balaban J connectivity index is 2.18. The lowest BCUT2D eigenvalue weighted by molar-refractivity contribution is 0.236. The van der Waals surface area contributed by atoms with E-state index in [4.69, 9.17) is 23.2 Å². The highest BCUT2D eigenvalue weighted by atomic mass is 35.5. The van der Waals surface area contributed by atoms with Crippen LogP contribution in [0.3, 0.4) is 0 Å². The van der Waals surface area contributed by atoms with Gasteiger partial charge in [-0.05, 0) is 30.5 Å². The van der Waals surface area contributed by atoms with Gasteiger partial charge in [0.25, 0.3) is 0 Å². The summed E-state index contributed by atoms with van der Waals surface area (Å²) in [5.74, 6) is -0.562. The summed E-state index contributed by atoms with van der Waals surface area (Å²) in [4.78, 5) is 0. The van der Waals surface area contributed by atoms with Crippen molar-refractivity contribution in [3.8, 4) is 0 Å². The zero-order valence-corrected chi connectivity index (χ0v) is 12.0. The van der Waals surface area contributed by atoms with Crippen LogP contribution in [0, 0.1) is 11.2 Å². The molecule has 0 spiro atoms. The van der Waals surface area contributed by atoms with E-state index in [1.54, 1.807) is 12.1 Å². The van der Waals surface area contributed by atoms with Crippen molar-refractivity contribution in [3.05, 3.63) is 28.0 Å². The van der Waals surface area contributed by atoms with Crippen LogP contribution >= 0.6 is 23.2 Å². The van der Waals surface area contributed by atoms with Crippen molar-refractivity contribution in [3.63, 3.8) is 0 Å². The minimum atomic E-state index is -0.562. The van der Waals surface area contributed by atoms with Crippen LogP contribution in [-0.4, -0.2) is 19.1 Å². The van der Waals surface area contributed by atoms with Crippen molar-refractivity contribution in [1.29, 1.82) is 0 Å². The molecule has 1 aliphatic rings. The molecule has 0 saturated carbocycles. The lowest BCUT2D eigenvalue weighted by Crippen LogP contribution is -2.49. The van der Waals surface area contributed by atoms with E-state index in [1.165, 1.54) is 0 Å². The van der Waals surface area contributed by atoms with E-state index in [0.717, 1.165) is 25.2 Å². The van der Waals surface area contributed by atoms with Crippen molar-refractivity contribution in [2.75, 3.05) is 18.4 Å². The second-order valence-corrected chi connectivity index (χ2v) is 6.22. The largest absolute Gasteiger partial charge is 0.382 e. The van der Waals surface area contributed by atoms with Crippen molar-refractivity contribution in [2.45, 2.75) is 26.3 Å². The molecular formula is C13H17Cl2FN2. The second kappa shape index (κ2) is 5.24. The molecule has 1 unspecified atom stereocenters. The van der Waals surface area contributed by atoms with Crippen LogP contribution in [0.2, 0.25) is 10.0 Å². The van der Waals surface area contributed by atoms with Crippen LogP contribution in [-0.2, 0) is 0 Å². The first kappa shape index (κ1) is 13.9. The van der Waals surface area contributed by atoms with E-state index < -0.39 is 5.82 Å². The van der Waals surface area contributed by atoms with Gasteiger partial charge in [-0.25, -0.2) is 4.39 Å². The molecule has 0 amide bonds. The minimum Gasteiger partial charge on any atom is -0.382 e. The summed E-state index contributed by atoms with van der Waals surface area (Å²) in [5.41, 5.74) is 0.900. The highest BCUT2D eigenvalue weighted by molar-refractivity contribution is 6.35. The molecule has 0 aliphatic carbocycles. The molecule has 1 fully saturated rings. The molecular weight excluding hydrogens is 274 g/mol. The van der Waals surface area contributed by atoms with Gasteiger partial charge in [-0.1, -0.05) is 37.0 Å². The van der Waals surface area contributed by atoms with Gasteiger partial charge in [0.1, 0.15) is 0 Å². The molecule has 2 N–H and O–H groups in total. The minimum absolute atomic E-state index is 0.0525. The van der Waals surface area contributed by atoms with Gasteiger partial charge < -0.3 is 10.6 Å². The summed E-state index contributed by atoms with van der Waals surface area (Å²) in [6.45, 7) is 6.32. The number of hydrogen-bond donors (Lipinski definition) is 2. The Hall–Kier alpha value is -0.510. The molecule has 1 aliphatic heterocycles. The van der Waals surface area contributed by atoms with Crippen molar-refractivity contribution in [1.82, 2.24) is 5.32 Å². The summed E-state index contributed by atoms with van der Waals surface area (Å²) < 4.78 is 13.3. The molecule has 1 aromatic carbocycles. The number of rotatable bonds is 2. The number of nitrogens with one attached hydrogen (secondary N) is 2. The molecule has 0 radical (unpaired) electrons. The van der Waals surface area contributed by atoms with Crippen LogP contribution < -0.4 is 10.6 Å². The fraction of sp³-hybridized carbons (Fsp3) is 0.538. The maximum absolute atomic E-state index is 13.3. The highest BCUT2D eigenvalue weighted by Gasteiger charge is 2.32. The molecule has 1 heterocycles. The Morgan fingerprint density at radius 3 is 2.50 bits per heavy atom. The smallest absolute Gasteiger partial charge is 0.160 e. The van der Waals surface area contributed by atoms with Crippen LogP contribution in [0.5, 0.6) is 0 Å². The van der Waals surface area contributed by atoms with Crippen LogP contribution in [0.15, 0.2) is 12.1 Å². The van der Waals surface area contributed by atoms with Gasteiger partial charge in [0.05, 0.1) is 10.0 Å². The fourth-order valence-electron chi connectivity index (χ4n) is 2.28. The predicted molar refractivity (Wildman–Crippen MR) is 75.1 cm³/mol. The first-order valence-corrected chi connectivity index (χ1v) is 6.77. The monoisotopic (exact) mass is 290 g/mol. The lowest BCUT2D eigenvalue weighted by atomic mass is 9.80. The van der Waals surface area contributed by atoms with Gasteiger partial charge in [0.2, 0.25) is 0 Å². The van der Waals surface area contributed by atoms with Crippen molar-refractivity contribution >= 4 is 28.9 Å². The van der Waals surface area contributed by atoms with Gasteiger partial charge >= 0.3 is 0 Å². The van der Waals surface area contributed by atoms with Crippen molar-refractivity contribution < 1.29 is 4.39 Å². The number of piperidine rings is 1. The Kier molecular flexibility index (Phi) is 4.05. The average Bonchev–Trinajstić information content (AvgIpc) is 2.28. The first-order chi connectivity index (χ1) is 8.40. The first-order valence-electron chi connectivity index (χ1n) is 6.02. The zero-order valence-electron chi connectivity index (χ0n) is 10.5. The molecule has 18 heavy (non-hydrogen) atoms. The number of anilines is 1. The lowest BCUT2D eigenvalue weighted by Gasteiger charge is -2.40. The number of benzene rings is 1. The van der Waals surface area contributed by atoms with E-state index >= 15 is 0 Å². The Labute approximate surface area is 117 Å². The van der Waals surface area contributed by atoms with E-state index in [0.29, 0.717) is 6.04 Å². The molecule has 0 bridgehead atoms. The molecule has 1 saturated heterocycles. The van der Waals surface area contributed by atoms with Crippen LogP contribution in [0.4, 0.5) is 10.1 Å². The van der Waals surface area contributed by atoms with Crippen molar-refractivity contribution in [2.24, 2.45) is 5.41 Å². The second-order valence-electron chi connectivity index (χ2n) is 5.40. The van der Waals surface area contributed by atoms with Crippen LogP contribution in [0.1, 0.15) is 20.3 Å². The summed E-state index contributed by atoms with van der Waals surface area (Å²) in [6, 6.07) is 3.48. The average molecular weight is 291 g/mol. The van der Waals surface area contributed by atoms with Crippen LogP contribution in [0.25, 0.3) is 0 Å². The molecule has 1 aromatic rings. The summed E-state index contributed by atoms with van der Waals surface area (Å²) >= 11 is 11.6. The van der Waals surface area contributed by atoms with Gasteiger partial charge in [-0.2, -0.15) is 0 Å². The standard InChI is InChI=1S/C13H17Cl2FN2/c1-13(2)7-17-4-3-11(13)18-8-5-9(14)12(16)10(15)6-8/h5-6,11,17-18H,3-4,7H2,1-2H3. The van der Waals surface area contributed by atoms with E-state index in [2.05, 4.69) is 24.5 Å². The molecule has 2 nitrogen and oxygen atoms in total. The normalized spacial score (nSPS) is 22.8.